The number of benzene rings is 1. The number of carbonyl (C=O) groups is 2. The van der Waals surface area contributed by atoms with Crippen molar-refractivity contribution in [1.82, 2.24) is 0 Å². The van der Waals surface area contributed by atoms with E-state index in [2.05, 4.69) is 15.9 Å². The van der Waals surface area contributed by atoms with Crippen LogP contribution in [0.2, 0.25) is 0 Å². The molecule has 15 heavy (non-hydrogen) atoms. The van der Waals surface area contributed by atoms with Gasteiger partial charge in [0, 0.05) is 0 Å². The number of aliphatic carboxylic acids is 1. The lowest BCUT2D eigenvalue weighted by molar-refractivity contribution is -0.136. The molecule has 1 N–H and O–H groups in total. The standard InChI is InChI=1S/C10H9BrO4/c1-15-10-7(5-12)2-6(3-8(10)11)4-9(13)14/h2-3,5H,4H2,1H3,(H,13,14). The molecular weight excluding hydrogens is 264 g/mol. The van der Waals surface area contributed by atoms with E-state index in [9.17, 15) is 9.59 Å². The number of carboxylic acids is 1. The minimum absolute atomic E-state index is 0.122. The van der Waals surface area contributed by atoms with Gasteiger partial charge in [-0.05, 0) is 33.6 Å². The van der Waals surface area contributed by atoms with E-state index in [1.54, 1.807) is 6.07 Å². The molecule has 0 aliphatic carbocycles. The molecule has 1 aromatic carbocycles. The van der Waals surface area contributed by atoms with E-state index < -0.39 is 5.97 Å². The van der Waals surface area contributed by atoms with Crippen LogP contribution in [0.5, 0.6) is 5.75 Å². The van der Waals surface area contributed by atoms with Gasteiger partial charge in [0.05, 0.1) is 23.6 Å². The molecule has 80 valence electrons. The fourth-order valence-electron chi connectivity index (χ4n) is 1.25. The summed E-state index contributed by atoms with van der Waals surface area (Å²) in [6, 6.07) is 3.13. The fraction of sp³-hybridized carbons (Fsp3) is 0.200. The first-order chi connectivity index (χ1) is 7.08. The molecule has 0 bridgehead atoms. The third kappa shape index (κ3) is 2.79. The van der Waals surface area contributed by atoms with Crippen molar-refractivity contribution in [3.63, 3.8) is 0 Å². The zero-order chi connectivity index (χ0) is 11.4. The minimum atomic E-state index is -0.941. The molecule has 0 amide bonds. The summed E-state index contributed by atoms with van der Waals surface area (Å²) in [5, 5.41) is 8.61. The molecule has 0 aliphatic heterocycles. The highest BCUT2D eigenvalue weighted by atomic mass is 79.9. The van der Waals surface area contributed by atoms with E-state index in [1.807, 2.05) is 0 Å². The molecule has 5 heteroatoms. The quantitative estimate of drug-likeness (QED) is 0.851. The molecule has 0 aliphatic rings. The molecule has 4 nitrogen and oxygen atoms in total. The maximum atomic E-state index is 10.7. The maximum absolute atomic E-state index is 10.7. The smallest absolute Gasteiger partial charge is 0.307 e. The second kappa shape index (κ2) is 4.93. The van der Waals surface area contributed by atoms with Gasteiger partial charge in [-0.2, -0.15) is 0 Å². The number of carbonyl (C=O) groups excluding carboxylic acids is 1. The summed E-state index contributed by atoms with van der Waals surface area (Å²) in [7, 11) is 1.45. The van der Waals surface area contributed by atoms with E-state index in [4.69, 9.17) is 9.84 Å². The van der Waals surface area contributed by atoms with Crippen LogP contribution in [0, 0.1) is 0 Å². The summed E-state index contributed by atoms with van der Waals surface area (Å²) in [5.41, 5.74) is 0.889. The highest BCUT2D eigenvalue weighted by Gasteiger charge is 2.10. The van der Waals surface area contributed by atoms with Gasteiger partial charge >= 0.3 is 5.97 Å². The Morgan fingerprint density at radius 3 is 2.73 bits per heavy atom. The van der Waals surface area contributed by atoms with Crippen LogP contribution in [0.1, 0.15) is 15.9 Å². The summed E-state index contributed by atoms with van der Waals surface area (Å²) in [4.78, 5) is 21.2. The van der Waals surface area contributed by atoms with Crippen LogP contribution in [-0.2, 0) is 11.2 Å². The second-order valence-electron chi connectivity index (χ2n) is 2.89. The lowest BCUT2D eigenvalue weighted by atomic mass is 10.1. The maximum Gasteiger partial charge on any atom is 0.307 e. The Bertz CT molecular complexity index is 401. The Morgan fingerprint density at radius 1 is 1.60 bits per heavy atom. The summed E-state index contributed by atoms with van der Waals surface area (Å²) in [6.07, 6.45) is 0.512. The van der Waals surface area contributed by atoms with Gasteiger partial charge in [-0.25, -0.2) is 0 Å². The zero-order valence-electron chi connectivity index (χ0n) is 7.99. The predicted molar refractivity (Wildman–Crippen MR) is 57.4 cm³/mol. The fourth-order valence-corrected chi connectivity index (χ4v) is 1.94. The van der Waals surface area contributed by atoms with Crippen LogP contribution in [0.3, 0.4) is 0 Å². The van der Waals surface area contributed by atoms with Crippen molar-refractivity contribution in [3.8, 4) is 5.75 Å². The molecule has 0 radical (unpaired) electrons. The third-order valence-electron chi connectivity index (χ3n) is 1.82. The van der Waals surface area contributed by atoms with Gasteiger partial charge in [0.1, 0.15) is 5.75 Å². The summed E-state index contributed by atoms with van der Waals surface area (Å²) < 4.78 is 5.58. The molecule has 0 saturated carbocycles. The first-order valence-corrected chi connectivity index (χ1v) is 4.91. The molecule has 0 spiro atoms. The van der Waals surface area contributed by atoms with Crippen molar-refractivity contribution in [1.29, 1.82) is 0 Å². The molecule has 0 atom stereocenters. The van der Waals surface area contributed by atoms with Crippen LogP contribution < -0.4 is 4.74 Å². The van der Waals surface area contributed by atoms with Crippen molar-refractivity contribution in [2.24, 2.45) is 0 Å². The van der Waals surface area contributed by atoms with E-state index in [-0.39, 0.29) is 6.42 Å². The Balaban J connectivity index is 3.19. The second-order valence-corrected chi connectivity index (χ2v) is 3.74. The Kier molecular flexibility index (Phi) is 3.85. The molecule has 1 rings (SSSR count). The predicted octanol–water partition coefficient (Wildman–Crippen LogP) is 1.90. The van der Waals surface area contributed by atoms with Gasteiger partial charge in [0.15, 0.2) is 6.29 Å². The Morgan fingerprint density at radius 2 is 2.27 bits per heavy atom. The number of rotatable bonds is 4. The van der Waals surface area contributed by atoms with Gasteiger partial charge in [0.2, 0.25) is 0 Å². The van der Waals surface area contributed by atoms with Crippen LogP contribution in [-0.4, -0.2) is 24.5 Å². The molecule has 0 heterocycles. The number of methoxy groups -OCH3 is 1. The summed E-state index contributed by atoms with van der Waals surface area (Å²) in [5.74, 6) is -0.525. The lowest BCUT2D eigenvalue weighted by Crippen LogP contribution is -2.02. The van der Waals surface area contributed by atoms with Crippen LogP contribution >= 0.6 is 15.9 Å². The monoisotopic (exact) mass is 272 g/mol. The third-order valence-corrected chi connectivity index (χ3v) is 2.41. The summed E-state index contributed by atoms with van der Waals surface area (Å²) in [6.45, 7) is 0. The molecular formula is C10H9BrO4. The summed E-state index contributed by atoms with van der Waals surface area (Å²) >= 11 is 3.21. The highest BCUT2D eigenvalue weighted by Crippen LogP contribution is 2.29. The number of carboxylic acid groups (broad SMARTS) is 1. The normalized spacial score (nSPS) is 9.73. The molecule has 0 aromatic heterocycles. The average molecular weight is 273 g/mol. The molecule has 0 fully saturated rings. The van der Waals surface area contributed by atoms with E-state index in [0.29, 0.717) is 27.6 Å². The molecule has 0 saturated heterocycles. The molecule has 0 unspecified atom stereocenters. The van der Waals surface area contributed by atoms with E-state index in [1.165, 1.54) is 13.2 Å². The van der Waals surface area contributed by atoms with Gasteiger partial charge in [-0.1, -0.05) is 0 Å². The van der Waals surface area contributed by atoms with Gasteiger partial charge in [-0.3, -0.25) is 9.59 Å². The van der Waals surface area contributed by atoms with Crippen LogP contribution in [0.25, 0.3) is 0 Å². The molecule has 1 aromatic rings. The largest absolute Gasteiger partial charge is 0.495 e. The first-order valence-electron chi connectivity index (χ1n) is 4.12. The number of ether oxygens (including phenoxy) is 1. The number of hydrogen-bond donors (Lipinski definition) is 1. The number of hydrogen-bond acceptors (Lipinski definition) is 3. The lowest BCUT2D eigenvalue weighted by Gasteiger charge is -2.08. The van der Waals surface area contributed by atoms with E-state index >= 15 is 0 Å². The highest BCUT2D eigenvalue weighted by molar-refractivity contribution is 9.10. The topological polar surface area (TPSA) is 63.6 Å². The Labute approximate surface area is 95.0 Å². The van der Waals surface area contributed by atoms with Crippen molar-refractivity contribution in [3.05, 3.63) is 27.7 Å². The van der Waals surface area contributed by atoms with Gasteiger partial charge < -0.3 is 9.84 Å². The Hall–Kier alpha value is -1.36. The minimum Gasteiger partial charge on any atom is -0.495 e. The SMILES string of the molecule is COc1c(Br)cc(CC(=O)O)cc1C=O. The van der Waals surface area contributed by atoms with Crippen molar-refractivity contribution >= 4 is 28.2 Å². The average Bonchev–Trinajstić information content (AvgIpc) is 2.15. The van der Waals surface area contributed by atoms with Crippen LogP contribution in [0.15, 0.2) is 16.6 Å². The first kappa shape index (κ1) is 11.7. The van der Waals surface area contributed by atoms with Gasteiger partial charge in [0.25, 0.3) is 0 Å². The van der Waals surface area contributed by atoms with Gasteiger partial charge in [-0.15, -0.1) is 0 Å². The van der Waals surface area contributed by atoms with Crippen LogP contribution in [0.4, 0.5) is 0 Å². The number of halogens is 1. The van der Waals surface area contributed by atoms with Crippen molar-refractivity contribution < 1.29 is 19.4 Å². The zero-order valence-corrected chi connectivity index (χ0v) is 9.58. The number of aldehydes is 1. The van der Waals surface area contributed by atoms with Crippen molar-refractivity contribution in [2.45, 2.75) is 6.42 Å². The van der Waals surface area contributed by atoms with E-state index in [0.717, 1.165) is 0 Å². The van der Waals surface area contributed by atoms with Crippen molar-refractivity contribution in [2.75, 3.05) is 7.11 Å².